The van der Waals surface area contributed by atoms with Gasteiger partial charge in [0.05, 0.1) is 6.20 Å². The smallest absolute Gasteiger partial charge is 0.141 e. The molecule has 4 heteroatoms. The van der Waals surface area contributed by atoms with Crippen molar-refractivity contribution in [1.82, 2.24) is 9.88 Å². The Labute approximate surface area is 77.4 Å². The molecule has 0 fully saturated rings. The molecule has 1 unspecified atom stereocenters. The first kappa shape index (κ1) is 9.92. The van der Waals surface area contributed by atoms with Crippen LogP contribution in [-0.2, 0) is 0 Å². The molecule has 1 heterocycles. The second-order valence-electron chi connectivity index (χ2n) is 3.27. The number of halogens is 1. The van der Waals surface area contributed by atoms with E-state index in [1.54, 1.807) is 0 Å². The standard InChI is InChI=1S/C9H14FN3/c1-6(13(2)3)8-4-7(10)5-12-9(8)11/h4-6H,1-3H3,(H2,11,12). The van der Waals surface area contributed by atoms with E-state index in [9.17, 15) is 4.39 Å². The topological polar surface area (TPSA) is 42.1 Å². The van der Waals surface area contributed by atoms with Crippen molar-refractivity contribution in [3.8, 4) is 0 Å². The van der Waals surface area contributed by atoms with E-state index in [1.807, 2.05) is 25.9 Å². The molecule has 0 aliphatic heterocycles. The Kier molecular flexibility index (Phi) is 2.83. The second-order valence-corrected chi connectivity index (χ2v) is 3.27. The Bertz CT molecular complexity index is 299. The van der Waals surface area contributed by atoms with Crippen LogP contribution in [0.5, 0.6) is 0 Å². The summed E-state index contributed by atoms with van der Waals surface area (Å²) in [4.78, 5) is 5.71. The lowest BCUT2D eigenvalue weighted by atomic mass is 10.1. The van der Waals surface area contributed by atoms with Gasteiger partial charge in [-0.2, -0.15) is 0 Å². The van der Waals surface area contributed by atoms with Gasteiger partial charge in [0.1, 0.15) is 11.6 Å². The fourth-order valence-electron chi connectivity index (χ4n) is 1.08. The Morgan fingerprint density at radius 2 is 2.15 bits per heavy atom. The summed E-state index contributed by atoms with van der Waals surface area (Å²) in [5.74, 6) is 0.0421. The summed E-state index contributed by atoms with van der Waals surface area (Å²) >= 11 is 0. The van der Waals surface area contributed by atoms with Gasteiger partial charge in [0.15, 0.2) is 0 Å². The maximum Gasteiger partial charge on any atom is 0.141 e. The molecule has 0 aliphatic carbocycles. The number of pyridine rings is 1. The van der Waals surface area contributed by atoms with E-state index in [0.29, 0.717) is 5.82 Å². The van der Waals surface area contributed by atoms with Crippen molar-refractivity contribution < 1.29 is 4.39 Å². The summed E-state index contributed by atoms with van der Waals surface area (Å²) in [7, 11) is 3.82. The van der Waals surface area contributed by atoms with Crippen molar-refractivity contribution in [2.75, 3.05) is 19.8 Å². The number of nitrogen functional groups attached to an aromatic ring is 1. The lowest BCUT2D eigenvalue weighted by Crippen LogP contribution is -2.18. The highest BCUT2D eigenvalue weighted by atomic mass is 19.1. The average Bonchev–Trinajstić information content (AvgIpc) is 2.08. The molecule has 0 radical (unpaired) electrons. The maximum atomic E-state index is 12.8. The Morgan fingerprint density at radius 1 is 1.54 bits per heavy atom. The van der Waals surface area contributed by atoms with Crippen LogP contribution in [0.1, 0.15) is 18.5 Å². The van der Waals surface area contributed by atoms with Gasteiger partial charge < -0.3 is 10.6 Å². The zero-order chi connectivity index (χ0) is 10.0. The van der Waals surface area contributed by atoms with E-state index < -0.39 is 0 Å². The van der Waals surface area contributed by atoms with Crippen LogP contribution < -0.4 is 5.73 Å². The van der Waals surface area contributed by atoms with Gasteiger partial charge in [-0.05, 0) is 27.1 Å². The lowest BCUT2D eigenvalue weighted by Gasteiger charge is -2.20. The number of nitrogens with zero attached hydrogens (tertiary/aromatic N) is 2. The molecule has 1 atom stereocenters. The highest BCUT2D eigenvalue weighted by Crippen LogP contribution is 2.22. The van der Waals surface area contributed by atoms with Crippen LogP contribution in [0.2, 0.25) is 0 Å². The van der Waals surface area contributed by atoms with Crippen LogP contribution in [0, 0.1) is 5.82 Å². The molecular formula is C9H14FN3. The number of hydrogen-bond donors (Lipinski definition) is 1. The fraction of sp³-hybridized carbons (Fsp3) is 0.444. The number of nitrogens with two attached hydrogens (primary N) is 1. The number of aromatic nitrogens is 1. The molecule has 1 aromatic rings. The van der Waals surface area contributed by atoms with E-state index in [1.165, 1.54) is 6.07 Å². The minimum Gasteiger partial charge on any atom is -0.383 e. The minimum absolute atomic E-state index is 0.0724. The highest BCUT2D eigenvalue weighted by molar-refractivity contribution is 5.40. The van der Waals surface area contributed by atoms with E-state index in [0.717, 1.165) is 11.8 Å². The van der Waals surface area contributed by atoms with Crippen LogP contribution in [0.4, 0.5) is 10.2 Å². The third-order valence-corrected chi connectivity index (χ3v) is 2.14. The summed E-state index contributed by atoms with van der Waals surface area (Å²) in [5.41, 5.74) is 6.35. The van der Waals surface area contributed by atoms with E-state index >= 15 is 0 Å². The number of hydrogen-bond acceptors (Lipinski definition) is 3. The summed E-state index contributed by atoms with van der Waals surface area (Å²) in [6.07, 6.45) is 1.13. The third kappa shape index (κ3) is 2.15. The molecule has 0 bridgehead atoms. The van der Waals surface area contributed by atoms with Crippen LogP contribution in [0.3, 0.4) is 0 Å². The summed E-state index contributed by atoms with van der Waals surface area (Å²) in [6.45, 7) is 1.95. The van der Waals surface area contributed by atoms with Gasteiger partial charge in [-0.3, -0.25) is 0 Å². The minimum atomic E-state index is -0.349. The SMILES string of the molecule is CC(c1cc(F)cnc1N)N(C)C. The van der Waals surface area contributed by atoms with Crippen molar-refractivity contribution in [2.45, 2.75) is 13.0 Å². The first-order valence-corrected chi connectivity index (χ1v) is 4.09. The second kappa shape index (κ2) is 3.70. The van der Waals surface area contributed by atoms with Crippen molar-refractivity contribution >= 4 is 5.82 Å². The van der Waals surface area contributed by atoms with Crippen LogP contribution >= 0.6 is 0 Å². The van der Waals surface area contributed by atoms with Crippen LogP contribution in [-0.4, -0.2) is 24.0 Å². The Hall–Kier alpha value is -1.16. The predicted molar refractivity (Wildman–Crippen MR) is 50.7 cm³/mol. The Balaban J connectivity index is 3.05. The monoisotopic (exact) mass is 183 g/mol. The van der Waals surface area contributed by atoms with Gasteiger partial charge in [-0.1, -0.05) is 0 Å². The van der Waals surface area contributed by atoms with E-state index in [-0.39, 0.29) is 11.9 Å². The highest BCUT2D eigenvalue weighted by Gasteiger charge is 2.12. The van der Waals surface area contributed by atoms with Gasteiger partial charge >= 0.3 is 0 Å². The van der Waals surface area contributed by atoms with E-state index in [4.69, 9.17) is 5.73 Å². The van der Waals surface area contributed by atoms with E-state index in [2.05, 4.69) is 4.98 Å². The molecule has 0 saturated carbocycles. The molecular weight excluding hydrogens is 169 g/mol. The van der Waals surface area contributed by atoms with Gasteiger partial charge in [-0.25, -0.2) is 9.37 Å². The molecule has 0 amide bonds. The quantitative estimate of drug-likeness (QED) is 0.754. The molecule has 0 spiro atoms. The van der Waals surface area contributed by atoms with Gasteiger partial charge in [0, 0.05) is 11.6 Å². The molecule has 13 heavy (non-hydrogen) atoms. The van der Waals surface area contributed by atoms with Crippen molar-refractivity contribution in [1.29, 1.82) is 0 Å². The first-order chi connectivity index (χ1) is 6.02. The molecule has 2 N–H and O–H groups in total. The number of rotatable bonds is 2. The fourth-order valence-corrected chi connectivity index (χ4v) is 1.08. The van der Waals surface area contributed by atoms with Crippen molar-refractivity contribution in [2.24, 2.45) is 0 Å². The molecule has 0 aliphatic rings. The molecule has 0 saturated heterocycles. The largest absolute Gasteiger partial charge is 0.383 e. The van der Waals surface area contributed by atoms with Crippen molar-refractivity contribution in [3.05, 3.63) is 23.6 Å². The van der Waals surface area contributed by atoms with Gasteiger partial charge in [0.25, 0.3) is 0 Å². The molecule has 3 nitrogen and oxygen atoms in total. The molecule has 0 aromatic carbocycles. The van der Waals surface area contributed by atoms with Gasteiger partial charge in [0.2, 0.25) is 0 Å². The first-order valence-electron chi connectivity index (χ1n) is 4.09. The lowest BCUT2D eigenvalue weighted by molar-refractivity contribution is 0.320. The summed E-state index contributed by atoms with van der Waals surface area (Å²) in [6, 6.07) is 1.50. The predicted octanol–water partition coefficient (Wildman–Crippen LogP) is 1.43. The molecule has 1 aromatic heterocycles. The zero-order valence-electron chi connectivity index (χ0n) is 8.08. The molecule has 1 rings (SSSR count). The van der Waals surface area contributed by atoms with Crippen LogP contribution in [0.15, 0.2) is 12.3 Å². The van der Waals surface area contributed by atoms with Crippen LogP contribution in [0.25, 0.3) is 0 Å². The van der Waals surface area contributed by atoms with Crippen molar-refractivity contribution in [3.63, 3.8) is 0 Å². The normalized spacial score (nSPS) is 13.3. The molecule has 72 valence electrons. The summed E-state index contributed by atoms with van der Waals surface area (Å²) in [5, 5.41) is 0. The maximum absolute atomic E-state index is 12.8. The van der Waals surface area contributed by atoms with Gasteiger partial charge in [-0.15, -0.1) is 0 Å². The number of anilines is 1. The zero-order valence-corrected chi connectivity index (χ0v) is 8.08. The third-order valence-electron chi connectivity index (χ3n) is 2.14. The summed E-state index contributed by atoms with van der Waals surface area (Å²) < 4.78 is 12.8. The average molecular weight is 183 g/mol. The Morgan fingerprint density at radius 3 is 2.69 bits per heavy atom.